The summed E-state index contributed by atoms with van der Waals surface area (Å²) in [6.45, 7) is -0.221. The molecule has 0 radical (unpaired) electrons. The second kappa shape index (κ2) is 4.39. The van der Waals surface area contributed by atoms with Gasteiger partial charge >= 0.3 is 0 Å². The van der Waals surface area contributed by atoms with Crippen LogP contribution in [0.2, 0.25) is 0 Å². The molecule has 1 aromatic carbocycles. The molecule has 0 aromatic heterocycles. The molecule has 1 saturated heterocycles. The molecular formula is C11H16N2O3. The Morgan fingerprint density at radius 3 is 2.44 bits per heavy atom. The lowest BCUT2D eigenvalue weighted by Gasteiger charge is -2.17. The van der Waals surface area contributed by atoms with Crippen molar-refractivity contribution >= 4 is 5.69 Å². The molecule has 0 bridgehead atoms. The number of nitrogens with one attached hydrogen (secondary N) is 1. The monoisotopic (exact) mass is 224 g/mol. The van der Waals surface area contributed by atoms with Crippen LogP contribution in [0.25, 0.3) is 0 Å². The first-order valence-electron chi connectivity index (χ1n) is 5.22. The van der Waals surface area contributed by atoms with Crippen molar-refractivity contribution in [3.8, 4) is 0 Å². The van der Waals surface area contributed by atoms with Gasteiger partial charge < -0.3 is 26.4 Å². The van der Waals surface area contributed by atoms with Crippen LogP contribution in [0.1, 0.15) is 11.6 Å². The summed E-state index contributed by atoms with van der Waals surface area (Å²) in [5.41, 5.74) is 7.10. The van der Waals surface area contributed by atoms with E-state index < -0.39 is 24.3 Å². The zero-order valence-corrected chi connectivity index (χ0v) is 8.74. The van der Waals surface area contributed by atoms with E-state index in [0.717, 1.165) is 5.56 Å². The second-order valence-electron chi connectivity index (χ2n) is 4.04. The first-order chi connectivity index (χ1) is 7.65. The topological polar surface area (TPSA) is 98.7 Å². The van der Waals surface area contributed by atoms with Crippen molar-refractivity contribution in [3.63, 3.8) is 0 Å². The quantitative estimate of drug-likeness (QED) is 0.415. The molecule has 88 valence electrons. The maximum atomic E-state index is 9.86. The predicted octanol–water partition coefficient (Wildman–Crippen LogP) is -1.00. The molecule has 1 aliphatic rings. The fourth-order valence-electron chi connectivity index (χ4n) is 2.09. The molecule has 4 atom stereocenters. The summed E-state index contributed by atoms with van der Waals surface area (Å²) in [4.78, 5) is 0. The Morgan fingerprint density at radius 2 is 1.88 bits per heavy atom. The lowest BCUT2D eigenvalue weighted by Crippen LogP contribution is -2.35. The van der Waals surface area contributed by atoms with Crippen LogP contribution < -0.4 is 11.1 Å². The largest absolute Gasteiger partial charge is 0.398 e. The summed E-state index contributed by atoms with van der Waals surface area (Å²) < 4.78 is 0. The Balaban J connectivity index is 2.26. The van der Waals surface area contributed by atoms with Gasteiger partial charge in [-0.05, 0) is 11.6 Å². The van der Waals surface area contributed by atoms with E-state index in [2.05, 4.69) is 5.32 Å². The van der Waals surface area contributed by atoms with E-state index in [1.165, 1.54) is 0 Å². The lowest BCUT2D eigenvalue weighted by molar-refractivity contribution is 0.0195. The zero-order valence-electron chi connectivity index (χ0n) is 8.74. The third kappa shape index (κ3) is 1.78. The molecule has 2 rings (SSSR count). The van der Waals surface area contributed by atoms with Gasteiger partial charge in [-0.1, -0.05) is 18.2 Å². The van der Waals surface area contributed by atoms with Gasteiger partial charge in [0.15, 0.2) is 0 Å². The van der Waals surface area contributed by atoms with E-state index in [1.54, 1.807) is 18.2 Å². The van der Waals surface area contributed by atoms with Crippen molar-refractivity contribution in [3.05, 3.63) is 29.8 Å². The highest BCUT2D eigenvalue weighted by atomic mass is 16.3. The highest BCUT2D eigenvalue weighted by Crippen LogP contribution is 2.30. The standard InChI is InChI=1S/C11H16N2O3/c12-7-4-2-1-3-6(7)9-11(16)10(15)8(5-14)13-9/h1-4,8-11,13-16H,5,12H2/t8-,9+,10-,11+/m1/s1. The summed E-state index contributed by atoms with van der Waals surface area (Å²) in [7, 11) is 0. The molecule has 1 aliphatic heterocycles. The molecule has 0 spiro atoms. The minimum absolute atomic E-state index is 0.221. The Bertz CT molecular complexity index is 372. The fraction of sp³-hybridized carbons (Fsp3) is 0.455. The Labute approximate surface area is 93.5 Å². The smallest absolute Gasteiger partial charge is 0.101 e. The number of rotatable bonds is 2. The van der Waals surface area contributed by atoms with Crippen LogP contribution in [0.15, 0.2) is 24.3 Å². The summed E-state index contributed by atoms with van der Waals surface area (Å²) in [5, 5.41) is 31.5. The van der Waals surface area contributed by atoms with Crippen molar-refractivity contribution < 1.29 is 15.3 Å². The van der Waals surface area contributed by atoms with Crippen LogP contribution >= 0.6 is 0 Å². The fourth-order valence-corrected chi connectivity index (χ4v) is 2.09. The average molecular weight is 224 g/mol. The minimum atomic E-state index is -0.977. The van der Waals surface area contributed by atoms with Crippen molar-refractivity contribution in [2.45, 2.75) is 24.3 Å². The van der Waals surface area contributed by atoms with E-state index in [-0.39, 0.29) is 6.61 Å². The molecule has 0 saturated carbocycles. The van der Waals surface area contributed by atoms with Gasteiger partial charge in [0.1, 0.15) is 6.10 Å². The summed E-state index contributed by atoms with van der Waals surface area (Å²) in [6.07, 6.45) is -1.93. The number of aliphatic hydroxyl groups is 3. The molecule has 16 heavy (non-hydrogen) atoms. The van der Waals surface area contributed by atoms with Crippen LogP contribution in [0.3, 0.4) is 0 Å². The number of hydrogen-bond donors (Lipinski definition) is 5. The third-order valence-corrected chi connectivity index (χ3v) is 3.03. The van der Waals surface area contributed by atoms with Crippen LogP contribution in [0, 0.1) is 0 Å². The maximum Gasteiger partial charge on any atom is 0.101 e. The van der Waals surface area contributed by atoms with E-state index >= 15 is 0 Å². The van der Waals surface area contributed by atoms with Gasteiger partial charge in [-0.25, -0.2) is 0 Å². The zero-order chi connectivity index (χ0) is 11.7. The minimum Gasteiger partial charge on any atom is -0.398 e. The molecule has 1 aromatic rings. The van der Waals surface area contributed by atoms with Crippen molar-refractivity contribution in [2.75, 3.05) is 12.3 Å². The van der Waals surface area contributed by atoms with Gasteiger partial charge in [0.25, 0.3) is 0 Å². The molecular weight excluding hydrogens is 208 g/mol. The highest BCUT2D eigenvalue weighted by Gasteiger charge is 2.41. The molecule has 0 unspecified atom stereocenters. The average Bonchev–Trinajstić information content (AvgIpc) is 2.57. The normalized spacial score (nSPS) is 34.2. The van der Waals surface area contributed by atoms with Gasteiger partial charge in [0, 0.05) is 5.69 Å². The van der Waals surface area contributed by atoms with Gasteiger partial charge in [-0.3, -0.25) is 0 Å². The first-order valence-corrected chi connectivity index (χ1v) is 5.22. The predicted molar refractivity (Wildman–Crippen MR) is 59.6 cm³/mol. The Kier molecular flexibility index (Phi) is 3.11. The van der Waals surface area contributed by atoms with Crippen LogP contribution in [0.5, 0.6) is 0 Å². The maximum absolute atomic E-state index is 9.86. The van der Waals surface area contributed by atoms with E-state index in [1.807, 2.05) is 6.07 Å². The lowest BCUT2D eigenvalue weighted by atomic mass is 10.00. The summed E-state index contributed by atoms with van der Waals surface area (Å²) in [6, 6.07) is 6.21. The number of benzene rings is 1. The molecule has 0 aliphatic carbocycles. The molecule has 6 N–H and O–H groups in total. The molecule has 5 heteroatoms. The Hall–Kier alpha value is -1.14. The number of nitrogen functional groups attached to an aromatic ring is 1. The van der Waals surface area contributed by atoms with Gasteiger partial charge in [-0.15, -0.1) is 0 Å². The third-order valence-electron chi connectivity index (χ3n) is 3.03. The van der Waals surface area contributed by atoms with Crippen LogP contribution in [0.4, 0.5) is 5.69 Å². The van der Waals surface area contributed by atoms with Gasteiger partial charge in [0.2, 0.25) is 0 Å². The number of hydrogen-bond acceptors (Lipinski definition) is 5. The number of nitrogens with two attached hydrogens (primary N) is 1. The van der Waals surface area contributed by atoms with Crippen molar-refractivity contribution in [1.29, 1.82) is 0 Å². The molecule has 1 heterocycles. The number of para-hydroxylation sites is 1. The summed E-state index contributed by atoms with van der Waals surface area (Å²) >= 11 is 0. The highest BCUT2D eigenvalue weighted by molar-refractivity contribution is 5.49. The van der Waals surface area contributed by atoms with Crippen LogP contribution in [-0.4, -0.2) is 40.2 Å². The molecule has 1 fully saturated rings. The van der Waals surface area contributed by atoms with E-state index in [9.17, 15) is 10.2 Å². The van der Waals surface area contributed by atoms with Crippen molar-refractivity contribution in [2.24, 2.45) is 0 Å². The van der Waals surface area contributed by atoms with Crippen LogP contribution in [-0.2, 0) is 0 Å². The number of aliphatic hydroxyl groups excluding tert-OH is 3. The molecule has 5 nitrogen and oxygen atoms in total. The van der Waals surface area contributed by atoms with Gasteiger partial charge in [-0.2, -0.15) is 0 Å². The SMILES string of the molecule is Nc1ccccc1[C@@H]1N[C@H](CO)[C@@H](O)[C@H]1O. The van der Waals surface area contributed by atoms with Gasteiger partial charge in [0.05, 0.1) is 24.8 Å². The first kappa shape index (κ1) is 11.3. The van der Waals surface area contributed by atoms with E-state index in [0.29, 0.717) is 5.69 Å². The second-order valence-corrected chi connectivity index (χ2v) is 4.04. The molecule has 0 amide bonds. The number of anilines is 1. The van der Waals surface area contributed by atoms with Crippen molar-refractivity contribution in [1.82, 2.24) is 5.32 Å². The van der Waals surface area contributed by atoms with E-state index in [4.69, 9.17) is 10.8 Å². The Morgan fingerprint density at radius 1 is 1.19 bits per heavy atom. The summed E-state index contributed by atoms with van der Waals surface area (Å²) in [5.74, 6) is 0.